The number of thiazole rings is 1. The fraction of sp³-hybridized carbons (Fsp3) is 0.188. The highest BCUT2D eigenvalue weighted by Gasteiger charge is 2.34. The van der Waals surface area contributed by atoms with Gasteiger partial charge in [-0.25, -0.2) is 4.98 Å². The number of hydrogen-bond acceptors (Lipinski definition) is 6. The Morgan fingerprint density at radius 3 is 2.77 bits per heavy atom. The lowest BCUT2D eigenvalue weighted by Gasteiger charge is -2.25. The first-order valence-electron chi connectivity index (χ1n) is 6.77. The summed E-state index contributed by atoms with van der Waals surface area (Å²) in [7, 11) is 1.57. The largest absolute Gasteiger partial charge is 0.497 e. The zero-order valence-electron chi connectivity index (χ0n) is 11.7. The monoisotopic (exact) mass is 315 g/mol. The van der Waals surface area contributed by atoms with Crippen LogP contribution in [-0.4, -0.2) is 22.3 Å². The van der Waals surface area contributed by atoms with E-state index in [4.69, 9.17) is 9.15 Å². The lowest BCUT2D eigenvalue weighted by molar-refractivity contribution is 0.173. The molecule has 0 spiro atoms. The van der Waals surface area contributed by atoms with Gasteiger partial charge in [-0.15, -0.1) is 11.3 Å². The van der Waals surface area contributed by atoms with Gasteiger partial charge in [-0.3, -0.25) is 0 Å². The fourth-order valence-electron chi connectivity index (χ4n) is 2.70. The molecule has 0 saturated heterocycles. The molecule has 0 amide bonds. The van der Waals surface area contributed by atoms with Crippen LogP contribution in [0.1, 0.15) is 33.9 Å². The van der Waals surface area contributed by atoms with E-state index in [1.54, 1.807) is 43.7 Å². The first-order valence-corrected chi connectivity index (χ1v) is 7.59. The van der Waals surface area contributed by atoms with Crippen LogP contribution in [0.25, 0.3) is 10.8 Å². The van der Waals surface area contributed by atoms with Gasteiger partial charge in [0.2, 0.25) is 0 Å². The van der Waals surface area contributed by atoms with Crippen molar-refractivity contribution in [3.63, 3.8) is 0 Å². The van der Waals surface area contributed by atoms with Gasteiger partial charge in [0.1, 0.15) is 18.0 Å². The number of ether oxygens (including phenoxy) is 1. The highest BCUT2D eigenvalue weighted by molar-refractivity contribution is 7.15. The van der Waals surface area contributed by atoms with Gasteiger partial charge in [-0.2, -0.15) is 0 Å². The van der Waals surface area contributed by atoms with Gasteiger partial charge in [-0.05, 0) is 35.4 Å². The second-order valence-electron chi connectivity index (χ2n) is 5.05. The number of furan rings is 1. The average molecular weight is 315 g/mol. The molecule has 3 aromatic rings. The summed E-state index contributed by atoms with van der Waals surface area (Å²) in [5, 5.41) is 21.8. The molecule has 2 N–H and O–H groups in total. The predicted molar refractivity (Wildman–Crippen MR) is 80.9 cm³/mol. The van der Waals surface area contributed by atoms with E-state index in [1.165, 1.54) is 11.3 Å². The molecule has 0 saturated carbocycles. The summed E-state index contributed by atoms with van der Waals surface area (Å²) < 4.78 is 10.5. The minimum atomic E-state index is -0.862. The van der Waals surface area contributed by atoms with Crippen LogP contribution in [0, 0.1) is 0 Å². The van der Waals surface area contributed by atoms with Crippen molar-refractivity contribution in [3.8, 4) is 16.5 Å². The second-order valence-corrected chi connectivity index (χ2v) is 6.08. The van der Waals surface area contributed by atoms with Crippen molar-refractivity contribution in [2.24, 2.45) is 0 Å². The maximum Gasteiger partial charge on any atom is 0.162 e. The summed E-state index contributed by atoms with van der Waals surface area (Å²) in [6, 6.07) is 8.86. The Morgan fingerprint density at radius 2 is 2.05 bits per heavy atom. The van der Waals surface area contributed by atoms with Crippen molar-refractivity contribution in [1.82, 2.24) is 4.98 Å². The second kappa shape index (κ2) is 4.95. The number of aliphatic hydroxyl groups excluding tert-OH is 2. The first-order chi connectivity index (χ1) is 10.7. The van der Waals surface area contributed by atoms with Crippen LogP contribution in [0.2, 0.25) is 0 Å². The Bertz CT molecular complexity index is 825. The Kier molecular flexibility index (Phi) is 3.04. The van der Waals surface area contributed by atoms with Crippen molar-refractivity contribution in [2.75, 3.05) is 7.11 Å². The molecule has 5 nitrogen and oxygen atoms in total. The molecule has 112 valence electrons. The molecule has 1 aliphatic carbocycles. The lowest BCUT2D eigenvalue weighted by atomic mass is 9.89. The predicted octanol–water partition coefficient (Wildman–Crippen LogP) is 2.89. The minimum absolute atomic E-state index is 0.488. The number of aromatic nitrogens is 1. The molecule has 1 aromatic carbocycles. The molecule has 0 radical (unpaired) electrons. The standard InChI is InChI=1S/C16H13NO4S/c1-20-8-4-5-9-10(7-8)14(19)15-12(13(9)18)17-16(22-15)11-3-2-6-21-11/h2-7,13-14,18-19H,1H3. The number of benzene rings is 1. The quantitative estimate of drug-likeness (QED) is 0.760. The number of fused-ring (bicyclic) bond motifs is 2. The summed E-state index contributed by atoms with van der Waals surface area (Å²) >= 11 is 1.33. The van der Waals surface area contributed by atoms with E-state index in [0.29, 0.717) is 38.2 Å². The van der Waals surface area contributed by atoms with Gasteiger partial charge in [0, 0.05) is 0 Å². The molecule has 2 unspecified atom stereocenters. The molecule has 2 aromatic heterocycles. The summed E-state index contributed by atoms with van der Waals surface area (Å²) in [4.78, 5) is 5.09. The molecule has 1 aliphatic rings. The summed E-state index contributed by atoms with van der Waals surface area (Å²) in [5.41, 5.74) is 1.78. The SMILES string of the molecule is COc1ccc2c(c1)C(O)c1sc(-c3ccco3)nc1C2O. The zero-order chi connectivity index (χ0) is 15.3. The third-order valence-electron chi connectivity index (χ3n) is 3.80. The van der Waals surface area contributed by atoms with E-state index in [0.717, 1.165) is 0 Å². The van der Waals surface area contributed by atoms with Crippen LogP contribution in [0.3, 0.4) is 0 Å². The third-order valence-corrected chi connectivity index (χ3v) is 4.94. The Labute approximate surface area is 130 Å². The Morgan fingerprint density at radius 1 is 1.18 bits per heavy atom. The molecular weight excluding hydrogens is 302 g/mol. The average Bonchev–Trinajstić information content (AvgIpc) is 3.21. The van der Waals surface area contributed by atoms with Crippen LogP contribution in [0.15, 0.2) is 41.0 Å². The van der Waals surface area contributed by atoms with Crippen LogP contribution in [0.4, 0.5) is 0 Å². The molecule has 2 atom stereocenters. The highest BCUT2D eigenvalue weighted by Crippen LogP contribution is 2.46. The highest BCUT2D eigenvalue weighted by atomic mass is 32.1. The van der Waals surface area contributed by atoms with Crippen molar-refractivity contribution in [2.45, 2.75) is 12.2 Å². The van der Waals surface area contributed by atoms with E-state index in [-0.39, 0.29) is 0 Å². The summed E-state index contributed by atoms with van der Waals surface area (Å²) in [6.07, 6.45) is -0.119. The molecule has 4 rings (SSSR count). The maximum atomic E-state index is 10.6. The third kappa shape index (κ3) is 1.89. The first kappa shape index (κ1) is 13.5. The number of methoxy groups -OCH3 is 1. The molecule has 22 heavy (non-hydrogen) atoms. The number of hydrogen-bond donors (Lipinski definition) is 2. The smallest absolute Gasteiger partial charge is 0.162 e. The van der Waals surface area contributed by atoms with Gasteiger partial charge < -0.3 is 19.4 Å². The summed E-state index contributed by atoms with van der Waals surface area (Å²) in [6.45, 7) is 0. The van der Waals surface area contributed by atoms with Crippen molar-refractivity contribution in [3.05, 3.63) is 58.3 Å². The van der Waals surface area contributed by atoms with Crippen LogP contribution in [0.5, 0.6) is 5.75 Å². The molecule has 0 fully saturated rings. The van der Waals surface area contributed by atoms with Crippen LogP contribution < -0.4 is 4.74 Å². The van der Waals surface area contributed by atoms with Gasteiger partial charge in [0.05, 0.1) is 23.9 Å². The van der Waals surface area contributed by atoms with Crippen molar-refractivity contribution < 1.29 is 19.4 Å². The lowest BCUT2D eigenvalue weighted by Crippen LogP contribution is -2.16. The molecule has 0 aliphatic heterocycles. The van der Waals surface area contributed by atoms with Gasteiger partial charge in [0.25, 0.3) is 0 Å². The topological polar surface area (TPSA) is 75.7 Å². The molecule has 0 bridgehead atoms. The number of nitrogens with zero attached hydrogens (tertiary/aromatic N) is 1. The molecule has 6 heteroatoms. The fourth-order valence-corrected chi connectivity index (χ4v) is 3.76. The Hall–Kier alpha value is -2.15. The van der Waals surface area contributed by atoms with Crippen molar-refractivity contribution >= 4 is 11.3 Å². The number of aliphatic hydroxyl groups is 2. The van der Waals surface area contributed by atoms with Gasteiger partial charge in [0.15, 0.2) is 10.8 Å². The van der Waals surface area contributed by atoms with Crippen LogP contribution >= 0.6 is 11.3 Å². The molecule has 2 heterocycles. The zero-order valence-corrected chi connectivity index (χ0v) is 12.5. The minimum Gasteiger partial charge on any atom is -0.497 e. The van der Waals surface area contributed by atoms with Crippen molar-refractivity contribution in [1.29, 1.82) is 0 Å². The van der Waals surface area contributed by atoms with E-state index in [2.05, 4.69) is 4.98 Å². The Balaban J connectivity index is 1.85. The summed E-state index contributed by atoms with van der Waals surface area (Å²) in [5.74, 6) is 1.27. The van der Waals surface area contributed by atoms with E-state index in [9.17, 15) is 10.2 Å². The maximum absolute atomic E-state index is 10.6. The normalized spacial score (nSPS) is 19.6. The van der Waals surface area contributed by atoms with E-state index < -0.39 is 12.2 Å². The van der Waals surface area contributed by atoms with Crippen LogP contribution in [-0.2, 0) is 0 Å². The van der Waals surface area contributed by atoms with Gasteiger partial charge in [-0.1, -0.05) is 6.07 Å². The molecular formula is C16H13NO4S. The van der Waals surface area contributed by atoms with Gasteiger partial charge >= 0.3 is 0 Å². The van der Waals surface area contributed by atoms with E-state index >= 15 is 0 Å². The van der Waals surface area contributed by atoms with E-state index in [1.807, 2.05) is 0 Å². The number of rotatable bonds is 2.